The smallest absolute Gasteiger partial charge is 0.257 e. The number of nitrogens with one attached hydrogen (secondary N) is 1. The first kappa shape index (κ1) is 15.9. The van der Waals surface area contributed by atoms with E-state index in [1.165, 1.54) is 15.3 Å². The Balaban J connectivity index is 1.66. The number of para-hydroxylation sites is 1. The van der Waals surface area contributed by atoms with E-state index < -0.39 is 0 Å². The van der Waals surface area contributed by atoms with E-state index in [0.29, 0.717) is 6.54 Å². The van der Waals surface area contributed by atoms with E-state index >= 15 is 0 Å². The van der Waals surface area contributed by atoms with Crippen molar-refractivity contribution in [1.82, 2.24) is 4.90 Å². The van der Waals surface area contributed by atoms with Gasteiger partial charge in [0.2, 0.25) is 0 Å². The lowest BCUT2D eigenvalue weighted by molar-refractivity contribution is 0.0688. The summed E-state index contributed by atoms with van der Waals surface area (Å²) in [6, 6.07) is 22.3. The molecule has 0 bridgehead atoms. The molecule has 4 rings (SSSR count). The summed E-state index contributed by atoms with van der Waals surface area (Å²) in [6.07, 6.45) is 0.738. The van der Waals surface area contributed by atoms with Gasteiger partial charge in [0.25, 0.3) is 5.91 Å². The summed E-state index contributed by atoms with van der Waals surface area (Å²) < 4.78 is 0. The number of fused-ring (bicyclic) bond motifs is 1. The number of amides is 1. The van der Waals surface area contributed by atoms with Crippen LogP contribution in [-0.4, -0.2) is 17.4 Å². The predicted octanol–water partition coefficient (Wildman–Crippen LogP) is 4.87. The Morgan fingerprint density at radius 1 is 1.00 bits per heavy atom. The van der Waals surface area contributed by atoms with Gasteiger partial charge in [0.05, 0.1) is 5.56 Å². The van der Waals surface area contributed by atoms with E-state index in [2.05, 4.69) is 36.5 Å². The minimum absolute atomic E-state index is 0.0985. The Kier molecular flexibility index (Phi) is 4.28. The van der Waals surface area contributed by atoms with Crippen LogP contribution in [0.3, 0.4) is 0 Å². The van der Waals surface area contributed by atoms with Gasteiger partial charge in [-0.2, -0.15) is 0 Å². The average molecular weight is 348 g/mol. The van der Waals surface area contributed by atoms with E-state index in [9.17, 15) is 4.79 Å². The molecule has 126 valence electrons. The summed E-state index contributed by atoms with van der Waals surface area (Å²) in [7, 11) is 0. The van der Waals surface area contributed by atoms with Crippen LogP contribution < -0.4 is 5.32 Å². The molecule has 0 spiro atoms. The largest absolute Gasteiger partial charge is 0.360 e. The summed E-state index contributed by atoms with van der Waals surface area (Å²) in [4.78, 5) is 17.5. The van der Waals surface area contributed by atoms with Crippen molar-refractivity contribution in [3.63, 3.8) is 0 Å². The number of hydrogen-bond donors (Lipinski definition) is 1. The Morgan fingerprint density at radius 2 is 1.76 bits per heavy atom. The van der Waals surface area contributed by atoms with E-state index in [0.717, 1.165) is 17.7 Å². The zero-order valence-corrected chi connectivity index (χ0v) is 14.9. The van der Waals surface area contributed by atoms with Crippen LogP contribution >= 0.6 is 11.3 Å². The van der Waals surface area contributed by atoms with Crippen molar-refractivity contribution in [3.8, 4) is 0 Å². The fraction of sp³-hybridized carbons (Fsp3) is 0.190. The number of thiophene rings is 1. The minimum atomic E-state index is -0.107. The molecule has 1 unspecified atom stereocenters. The van der Waals surface area contributed by atoms with Gasteiger partial charge in [0.15, 0.2) is 0 Å². The maximum Gasteiger partial charge on any atom is 0.257 e. The lowest BCUT2D eigenvalue weighted by atomic mass is 10.1. The van der Waals surface area contributed by atoms with Crippen LogP contribution in [0, 0.1) is 6.92 Å². The maximum atomic E-state index is 13.1. The quantitative estimate of drug-likeness (QED) is 0.730. The van der Waals surface area contributed by atoms with Crippen molar-refractivity contribution in [2.45, 2.75) is 19.5 Å². The predicted molar refractivity (Wildman–Crippen MR) is 103 cm³/mol. The van der Waals surface area contributed by atoms with E-state index in [-0.39, 0.29) is 12.1 Å². The van der Waals surface area contributed by atoms with Gasteiger partial charge in [0.1, 0.15) is 6.17 Å². The molecule has 1 aliphatic heterocycles. The molecule has 1 atom stereocenters. The molecule has 1 N–H and O–H groups in total. The SMILES string of the molecule is Cc1ccc(C2Nc3ccccc3C(=O)N2CCc2ccccc2)s1. The number of rotatable bonds is 4. The van der Waals surface area contributed by atoms with Crippen LogP contribution in [0.15, 0.2) is 66.7 Å². The van der Waals surface area contributed by atoms with Crippen LogP contribution in [0.25, 0.3) is 0 Å². The van der Waals surface area contributed by atoms with Crippen molar-refractivity contribution < 1.29 is 4.79 Å². The van der Waals surface area contributed by atoms with Gasteiger partial charge in [-0.15, -0.1) is 11.3 Å². The maximum absolute atomic E-state index is 13.1. The molecule has 3 nitrogen and oxygen atoms in total. The molecular weight excluding hydrogens is 328 g/mol. The molecule has 0 fully saturated rings. The highest BCUT2D eigenvalue weighted by molar-refractivity contribution is 7.12. The third kappa shape index (κ3) is 3.17. The topological polar surface area (TPSA) is 32.3 Å². The van der Waals surface area contributed by atoms with Gasteiger partial charge >= 0.3 is 0 Å². The van der Waals surface area contributed by atoms with Crippen molar-refractivity contribution in [2.24, 2.45) is 0 Å². The molecule has 1 aromatic heterocycles. The van der Waals surface area contributed by atoms with E-state index in [1.807, 2.05) is 47.4 Å². The highest BCUT2D eigenvalue weighted by atomic mass is 32.1. The van der Waals surface area contributed by atoms with Crippen molar-refractivity contribution in [1.29, 1.82) is 0 Å². The van der Waals surface area contributed by atoms with E-state index in [1.54, 1.807) is 11.3 Å². The van der Waals surface area contributed by atoms with Crippen molar-refractivity contribution >= 4 is 22.9 Å². The zero-order chi connectivity index (χ0) is 17.2. The number of hydrogen-bond acceptors (Lipinski definition) is 3. The third-order valence-corrected chi connectivity index (χ3v) is 5.59. The zero-order valence-electron chi connectivity index (χ0n) is 14.1. The lowest BCUT2D eigenvalue weighted by Gasteiger charge is -2.37. The van der Waals surface area contributed by atoms with Crippen LogP contribution in [0.5, 0.6) is 0 Å². The fourth-order valence-corrected chi connectivity index (χ4v) is 4.18. The summed E-state index contributed by atoms with van der Waals surface area (Å²) in [6.45, 7) is 2.78. The van der Waals surface area contributed by atoms with Gasteiger partial charge in [-0.3, -0.25) is 4.79 Å². The highest BCUT2D eigenvalue weighted by Gasteiger charge is 2.33. The van der Waals surface area contributed by atoms with Crippen molar-refractivity contribution in [2.75, 3.05) is 11.9 Å². The first-order valence-corrected chi connectivity index (χ1v) is 9.31. The number of aryl methyl sites for hydroxylation is 1. The standard InChI is InChI=1S/C21H20N2OS/c1-15-11-12-19(25-15)20-22-18-10-6-5-9-17(18)21(24)23(20)14-13-16-7-3-2-4-8-16/h2-12,20,22H,13-14H2,1H3. The van der Waals surface area contributed by atoms with Crippen LogP contribution in [0.1, 0.15) is 31.8 Å². The molecule has 0 saturated carbocycles. The average Bonchev–Trinajstić information content (AvgIpc) is 3.08. The second-order valence-corrected chi connectivity index (χ2v) is 7.59. The van der Waals surface area contributed by atoms with E-state index in [4.69, 9.17) is 0 Å². The molecule has 25 heavy (non-hydrogen) atoms. The fourth-order valence-electron chi connectivity index (χ4n) is 3.24. The molecule has 1 amide bonds. The normalized spacial score (nSPS) is 16.4. The second kappa shape index (κ2) is 6.73. The molecule has 4 heteroatoms. The van der Waals surface area contributed by atoms with Gasteiger partial charge in [0, 0.05) is 22.0 Å². The summed E-state index contributed by atoms with van der Waals surface area (Å²) in [5.74, 6) is 0.0985. The summed E-state index contributed by atoms with van der Waals surface area (Å²) in [5, 5.41) is 3.56. The number of benzene rings is 2. The Hall–Kier alpha value is -2.59. The van der Waals surface area contributed by atoms with Crippen LogP contribution in [0.2, 0.25) is 0 Å². The van der Waals surface area contributed by atoms with Crippen molar-refractivity contribution in [3.05, 3.63) is 87.6 Å². The molecule has 3 aromatic rings. The van der Waals surface area contributed by atoms with Crippen LogP contribution in [-0.2, 0) is 6.42 Å². The molecule has 2 heterocycles. The summed E-state index contributed by atoms with van der Waals surface area (Å²) in [5.41, 5.74) is 2.91. The van der Waals surface area contributed by atoms with Gasteiger partial charge in [-0.1, -0.05) is 42.5 Å². The number of carbonyl (C=O) groups excluding carboxylic acids is 1. The molecule has 2 aromatic carbocycles. The number of anilines is 1. The minimum Gasteiger partial charge on any atom is -0.360 e. The van der Waals surface area contributed by atoms with Gasteiger partial charge in [-0.25, -0.2) is 0 Å². The Bertz CT molecular complexity index is 888. The monoisotopic (exact) mass is 348 g/mol. The molecule has 0 radical (unpaired) electrons. The lowest BCUT2D eigenvalue weighted by Crippen LogP contribution is -2.43. The molecule has 0 aliphatic carbocycles. The Morgan fingerprint density at radius 3 is 2.52 bits per heavy atom. The van der Waals surface area contributed by atoms with Gasteiger partial charge in [-0.05, 0) is 43.2 Å². The number of nitrogens with zero attached hydrogens (tertiary/aromatic N) is 1. The first-order valence-electron chi connectivity index (χ1n) is 8.49. The summed E-state index contributed by atoms with van der Waals surface area (Å²) >= 11 is 1.74. The molecule has 1 aliphatic rings. The third-order valence-electron chi connectivity index (χ3n) is 4.54. The highest BCUT2D eigenvalue weighted by Crippen LogP contribution is 2.35. The molecular formula is C21H20N2OS. The van der Waals surface area contributed by atoms with Gasteiger partial charge < -0.3 is 10.2 Å². The first-order chi connectivity index (χ1) is 12.2. The van der Waals surface area contributed by atoms with Crippen LogP contribution in [0.4, 0.5) is 5.69 Å². The molecule has 0 saturated heterocycles. The Labute approximate surface area is 151 Å². The number of carbonyl (C=O) groups is 1. The second-order valence-electron chi connectivity index (χ2n) is 6.28.